The van der Waals surface area contributed by atoms with Crippen molar-refractivity contribution >= 4 is 21.6 Å². The Hall–Kier alpha value is -2.69. The number of carbonyl (C=O) groups is 2. The molecule has 28 heavy (non-hydrogen) atoms. The van der Waals surface area contributed by atoms with Crippen molar-refractivity contribution in [2.24, 2.45) is 7.05 Å². The summed E-state index contributed by atoms with van der Waals surface area (Å²) in [5.41, 5.74) is -3.04. The average molecular weight is 418 g/mol. The molecule has 0 spiro atoms. The van der Waals surface area contributed by atoms with Crippen LogP contribution in [-0.2, 0) is 27.9 Å². The van der Waals surface area contributed by atoms with Crippen LogP contribution in [0.3, 0.4) is 0 Å². The van der Waals surface area contributed by atoms with Gasteiger partial charge in [-0.3, -0.25) is 9.59 Å². The van der Waals surface area contributed by atoms with Crippen molar-refractivity contribution < 1.29 is 35.9 Å². The summed E-state index contributed by atoms with van der Waals surface area (Å²) in [6.45, 7) is 3.37. The number of halogens is 3. The molecule has 1 aromatic heterocycles. The predicted molar refractivity (Wildman–Crippen MR) is 92.0 cm³/mol. The maximum Gasteiger partial charge on any atom is 0.417 e. The third-order valence-electron chi connectivity index (χ3n) is 3.97. The van der Waals surface area contributed by atoms with Crippen LogP contribution >= 0.6 is 0 Å². The lowest BCUT2D eigenvalue weighted by atomic mass is 9.93. The molecule has 7 nitrogen and oxygen atoms in total. The van der Waals surface area contributed by atoms with Crippen LogP contribution in [0.25, 0.3) is 0 Å². The molecule has 0 fully saturated rings. The highest BCUT2D eigenvalue weighted by Gasteiger charge is 2.40. The molecule has 2 rings (SSSR count). The number of aromatic nitrogens is 2. The first-order valence-corrected chi connectivity index (χ1v) is 9.72. The Morgan fingerprint density at radius 2 is 1.75 bits per heavy atom. The van der Waals surface area contributed by atoms with Crippen molar-refractivity contribution in [3.63, 3.8) is 0 Å². The summed E-state index contributed by atoms with van der Waals surface area (Å²) in [5, 5.41) is 3.75. The number of alkyl halides is 3. The maximum atomic E-state index is 13.7. The number of hydrogen-bond acceptors (Lipinski definition) is 6. The molecule has 0 aliphatic carbocycles. The molecule has 0 N–H and O–H groups in total. The fourth-order valence-electron chi connectivity index (χ4n) is 3.06. The second-order valence-corrected chi connectivity index (χ2v) is 8.20. The zero-order chi connectivity index (χ0) is 21.6. The molecule has 0 radical (unpaired) electrons. The largest absolute Gasteiger partial charge is 0.417 e. The number of sulfone groups is 1. The molecule has 0 unspecified atom stereocenters. The molecule has 11 heteroatoms. The number of ether oxygens (including phenoxy) is 1. The van der Waals surface area contributed by atoms with Crippen molar-refractivity contribution in [1.29, 1.82) is 0 Å². The number of ketones is 1. The fraction of sp³-hybridized carbons (Fsp3) is 0.353. The van der Waals surface area contributed by atoms with E-state index >= 15 is 0 Å². The Labute approximate surface area is 159 Å². The monoisotopic (exact) mass is 418 g/mol. The van der Waals surface area contributed by atoms with E-state index in [-0.39, 0.29) is 17.0 Å². The molecule has 0 atom stereocenters. The quantitative estimate of drug-likeness (QED) is 0.560. The van der Waals surface area contributed by atoms with E-state index in [9.17, 15) is 31.2 Å². The Balaban J connectivity index is 2.84. The van der Waals surface area contributed by atoms with E-state index < -0.39 is 49.4 Å². The summed E-state index contributed by atoms with van der Waals surface area (Å²) in [6.07, 6.45) is -3.22. The number of benzene rings is 1. The SMILES string of the molecule is CC(=O)Oc1c(C(=O)c2cc(C)c(S(C)(=O)=O)c(C)c2C(F)(F)F)cnn1C. The van der Waals surface area contributed by atoms with E-state index in [4.69, 9.17) is 4.74 Å². The van der Waals surface area contributed by atoms with Crippen LogP contribution in [0.5, 0.6) is 5.88 Å². The van der Waals surface area contributed by atoms with Gasteiger partial charge < -0.3 is 4.74 Å². The van der Waals surface area contributed by atoms with E-state index in [1.54, 1.807) is 0 Å². The Kier molecular flexibility index (Phi) is 5.43. The summed E-state index contributed by atoms with van der Waals surface area (Å²) in [4.78, 5) is 23.7. The third kappa shape index (κ3) is 3.93. The van der Waals surface area contributed by atoms with Crippen molar-refractivity contribution in [1.82, 2.24) is 9.78 Å². The van der Waals surface area contributed by atoms with Gasteiger partial charge in [-0.2, -0.15) is 18.3 Å². The summed E-state index contributed by atoms with van der Waals surface area (Å²) in [7, 11) is -2.62. The van der Waals surface area contributed by atoms with Gasteiger partial charge in [0.15, 0.2) is 9.84 Å². The minimum Gasteiger partial charge on any atom is -0.407 e. The van der Waals surface area contributed by atoms with Crippen LogP contribution in [0.2, 0.25) is 0 Å². The number of rotatable bonds is 4. The van der Waals surface area contributed by atoms with Gasteiger partial charge in [0.1, 0.15) is 5.56 Å². The lowest BCUT2D eigenvalue weighted by Crippen LogP contribution is -2.20. The van der Waals surface area contributed by atoms with Gasteiger partial charge in [0.25, 0.3) is 0 Å². The minimum atomic E-state index is -4.99. The third-order valence-corrected chi connectivity index (χ3v) is 5.34. The average Bonchev–Trinajstić information content (AvgIpc) is 2.83. The highest BCUT2D eigenvalue weighted by molar-refractivity contribution is 7.90. The molecule has 152 valence electrons. The predicted octanol–water partition coefficient (Wildman–Crippen LogP) is 2.62. The molecule has 2 aromatic rings. The normalized spacial score (nSPS) is 12.1. The van der Waals surface area contributed by atoms with Gasteiger partial charge >= 0.3 is 12.1 Å². The van der Waals surface area contributed by atoms with E-state index in [0.717, 1.165) is 37.0 Å². The number of hydrogen-bond donors (Lipinski definition) is 0. The maximum absolute atomic E-state index is 13.7. The first-order chi connectivity index (χ1) is 12.7. The number of carbonyl (C=O) groups excluding carboxylic acids is 2. The molecule has 0 saturated carbocycles. The fourth-order valence-corrected chi connectivity index (χ4v) is 4.37. The second kappa shape index (κ2) is 7.04. The zero-order valence-electron chi connectivity index (χ0n) is 15.6. The number of esters is 1. The van der Waals surface area contributed by atoms with Crippen LogP contribution < -0.4 is 4.74 Å². The molecule has 0 bridgehead atoms. The lowest BCUT2D eigenvalue weighted by Gasteiger charge is -2.19. The second-order valence-electron chi connectivity index (χ2n) is 6.25. The summed E-state index contributed by atoms with van der Waals surface area (Å²) >= 11 is 0. The van der Waals surface area contributed by atoms with E-state index in [1.165, 1.54) is 14.0 Å². The first kappa shape index (κ1) is 21.6. The van der Waals surface area contributed by atoms with E-state index in [0.29, 0.717) is 0 Å². The topological polar surface area (TPSA) is 95.3 Å². The highest BCUT2D eigenvalue weighted by atomic mass is 32.2. The van der Waals surface area contributed by atoms with E-state index in [2.05, 4.69) is 5.10 Å². The van der Waals surface area contributed by atoms with Gasteiger partial charge in [-0.1, -0.05) is 0 Å². The van der Waals surface area contributed by atoms with Gasteiger partial charge in [0.2, 0.25) is 11.7 Å². The van der Waals surface area contributed by atoms with Gasteiger partial charge in [-0.25, -0.2) is 13.1 Å². The van der Waals surface area contributed by atoms with Crippen LogP contribution in [-0.4, -0.2) is 36.2 Å². The van der Waals surface area contributed by atoms with Crippen molar-refractivity contribution in [3.05, 3.63) is 40.1 Å². The smallest absolute Gasteiger partial charge is 0.407 e. The minimum absolute atomic E-state index is 0.00530. The van der Waals surface area contributed by atoms with Gasteiger partial charge in [-0.05, 0) is 31.0 Å². The number of nitrogens with zero attached hydrogens (tertiary/aromatic N) is 2. The summed E-state index contributed by atoms with van der Waals surface area (Å²) < 4.78 is 71.1. The molecule has 0 aliphatic rings. The van der Waals surface area contributed by atoms with Gasteiger partial charge in [0, 0.05) is 25.8 Å². The molecule has 1 heterocycles. The van der Waals surface area contributed by atoms with E-state index in [1.807, 2.05) is 0 Å². The molecular weight excluding hydrogens is 401 g/mol. The lowest BCUT2D eigenvalue weighted by molar-refractivity contribution is -0.138. The Bertz CT molecular complexity index is 1090. The Morgan fingerprint density at radius 1 is 1.18 bits per heavy atom. The Morgan fingerprint density at radius 3 is 2.21 bits per heavy atom. The van der Waals surface area contributed by atoms with Crippen molar-refractivity contribution in [3.8, 4) is 5.88 Å². The van der Waals surface area contributed by atoms with Crippen LogP contribution in [0.15, 0.2) is 17.2 Å². The van der Waals surface area contributed by atoms with Crippen molar-refractivity contribution in [2.75, 3.05) is 6.26 Å². The highest BCUT2D eigenvalue weighted by Crippen LogP contribution is 2.40. The first-order valence-electron chi connectivity index (χ1n) is 7.82. The van der Waals surface area contributed by atoms with Gasteiger partial charge in [0.05, 0.1) is 16.7 Å². The molecular formula is C17H17F3N2O5S. The zero-order valence-corrected chi connectivity index (χ0v) is 16.4. The van der Waals surface area contributed by atoms with Crippen LogP contribution in [0.1, 0.15) is 39.5 Å². The molecule has 1 aromatic carbocycles. The van der Waals surface area contributed by atoms with Gasteiger partial charge in [-0.15, -0.1) is 0 Å². The summed E-state index contributed by atoms with van der Waals surface area (Å²) in [6, 6.07) is 0.874. The van der Waals surface area contributed by atoms with Crippen LogP contribution in [0, 0.1) is 13.8 Å². The molecule has 0 amide bonds. The number of aryl methyl sites for hydroxylation is 2. The standard InChI is InChI=1S/C17H17F3N2O5S/c1-8-6-11(13(17(18,19)20)9(2)15(8)28(5,25)26)14(24)12-7-21-22(4)16(12)27-10(3)23/h6-7H,1-5H3. The molecule has 0 aliphatic heterocycles. The van der Waals surface area contributed by atoms with Crippen LogP contribution in [0.4, 0.5) is 13.2 Å². The summed E-state index contributed by atoms with van der Waals surface area (Å²) in [5.74, 6) is -2.19. The van der Waals surface area contributed by atoms with Crippen molar-refractivity contribution in [2.45, 2.75) is 31.8 Å². The molecule has 0 saturated heterocycles.